The summed E-state index contributed by atoms with van der Waals surface area (Å²) in [5, 5.41) is 0. The Hall–Kier alpha value is 0.426. The van der Waals surface area contributed by atoms with Gasteiger partial charge in [0.1, 0.15) is 0 Å². The maximum absolute atomic E-state index is 5.61. The third kappa shape index (κ3) is 11.5. The van der Waals surface area contributed by atoms with Gasteiger partial charge in [-0.2, -0.15) is 6.42 Å². The van der Waals surface area contributed by atoms with Gasteiger partial charge in [0.2, 0.25) is 0 Å². The Bertz CT molecular complexity index is 254. The van der Waals surface area contributed by atoms with Crippen molar-refractivity contribution in [3.05, 3.63) is 42.8 Å². The molecule has 0 heterocycles. The van der Waals surface area contributed by atoms with E-state index in [2.05, 4.69) is 31.2 Å². The summed E-state index contributed by atoms with van der Waals surface area (Å²) in [5.41, 5.74) is 1.26. The number of hydrogen-bond donors (Lipinski definition) is 0. The first kappa shape index (κ1) is 20.7. The molecule has 0 N–H and O–H groups in total. The van der Waals surface area contributed by atoms with Gasteiger partial charge in [0.15, 0.2) is 0 Å². The zero-order valence-electron chi connectivity index (χ0n) is 11.2. The molecular formula is C15H23BrMgO. The fourth-order valence-corrected chi connectivity index (χ4v) is 1.68. The molecule has 0 amide bonds. The van der Waals surface area contributed by atoms with Crippen molar-refractivity contribution in [1.82, 2.24) is 0 Å². The Balaban J connectivity index is 0. The number of hydrogen-bond acceptors (Lipinski definition) is 1. The van der Waals surface area contributed by atoms with Crippen LogP contribution in [0.5, 0.6) is 0 Å². The first-order chi connectivity index (χ1) is 7.93. The van der Waals surface area contributed by atoms with E-state index in [1.807, 2.05) is 6.07 Å². The number of rotatable bonds is 9. The third-order valence-electron chi connectivity index (χ3n) is 2.65. The molecule has 0 fully saturated rings. The fraction of sp³-hybridized carbons (Fsp3) is 0.533. The van der Waals surface area contributed by atoms with Crippen molar-refractivity contribution in [3.63, 3.8) is 0 Å². The van der Waals surface area contributed by atoms with Crippen molar-refractivity contribution >= 4 is 23.1 Å². The van der Waals surface area contributed by atoms with Gasteiger partial charge in [-0.1, -0.05) is 56.0 Å². The van der Waals surface area contributed by atoms with E-state index >= 15 is 0 Å². The minimum absolute atomic E-state index is 0. The Morgan fingerprint density at radius 2 is 1.50 bits per heavy atom. The van der Waals surface area contributed by atoms with E-state index in [9.17, 15) is 0 Å². The van der Waals surface area contributed by atoms with Crippen LogP contribution in [0, 0.1) is 6.92 Å². The van der Waals surface area contributed by atoms with Crippen LogP contribution in [0.1, 0.15) is 44.1 Å². The van der Waals surface area contributed by atoms with Gasteiger partial charge in [0.25, 0.3) is 0 Å². The minimum Gasteiger partial charge on any atom is -1.00 e. The largest absolute Gasteiger partial charge is 2.00 e. The summed E-state index contributed by atoms with van der Waals surface area (Å²) in [7, 11) is 0. The molecule has 1 rings (SSSR count). The Labute approximate surface area is 139 Å². The molecule has 0 aliphatic heterocycles. The second-order valence-corrected chi connectivity index (χ2v) is 4.16. The van der Waals surface area contributed by atoms with Crippen molar-refractivity contribution in [2.24, 2.45) is 0 Å². The predicted molar refractivity (Wildman–Crippen MR) is 74.9 cm³/mol. The van der Waals surface area contributed by atoms with E-state index in [4.69, 9.17) is 4.74 Å². The number of halogens is 1. The molecule has 18 heavy (non-hydrogen) atoms. The smallest absolute Gasteiger partial charge is 1.00 e. The van der Waals surface area contributed by atoms with Crippen LogP contribution >= 0.6 is 0 Å². The summed E-state index contributed by atoms with van der Waals surface area (Å²) in [4.78, 5) is 0. The molecule has 0 aliphatic rings. The van der Waals surface area contributed by atoms with Crippen LogP contribution in [0.2, 0.25) is 0 Å². The van der Waals surface area contributed by atoms with Gasteiger partial charge in [-0.15, -0.1) is 0 Å². The van der Waals surface area contributed by atoms with Gasteiger partial charge >= 0.3 is 23.1 Å². The molecule has 0 saturated heterocycles. The Morgan fingerprint density at radius 1 is 0.889 bits per heavy atom. The SMILES string of the molecule is [Br-].[CH2-]CCCCCCCOCc1ccccc1.[Mg+2]. The van der Waals surface area contributed by atoms with E-state index in [0.717, 1.165) is 19.6 Å². The monoisotopic (exact) mass is 322 g/mol. The Morgan fingerprint density at radius 3 is 2.17 bits per heavy atom. The quantitative estimate of drug-likeness (QED) is 0.374. The third-order valence-corrected chi connectivity index (χ3v) is 2.65. The summed E-state index contributed by atoms with van der Waals surface area (Å²) >= 11 is 0. The van der Waals surface area contributed by atoms with Gasteiger partial charge in [-0.25, -0.2) is 0 Å². The zero-order valence-corrected chi connectivity index (χ0v) is 14.2. The Kier molecular flexibility index (Phi) is 17.8. The zero-order chi connectivity index (χ0) is 11.5. The molecule has 1 aromatic rings. The molecule has 1 aromatic carbocycles. The van der Waals surface area contributed by atoms with Crippen molar-refractivity contribution < 1.29 is 21.7 Å². The minimum atomic E-state index is 0. The van der Waals surface area contributed by atoms with E-state index in [-0.39, 0.29) is 40.0 Å². The number of benzene rings is 1. The fourth-order valence-electron chi connectivity index (χ4n) is 1.68. The van der Waals surface area contributed by atoms with Crippen LogP contribution in [0.25, 0.3) is 0 Å². The van der Waals surface area contributed by atoms with E-state index in [1.165, 1.54) is 37.7 Å². The topological polar surface area (TPSA) is 9.23 Å². The average molecular weight is 324 g/mol. The van der Waals surface area contributed by atoms with Crippen LogP contribution < -0.4 is 17.0 Å². The van der Waals surface area contributed by atoms with Crippen molar-refractivity contribution in [2.75, 3.05) is 6.61 Å². The molecule has 1 nitrogen and oxygen atoms in total. The molecule has 0 spiro atoms. The average Bonchev–Trinajstić information content (AvgIpc) is 2.34. The second kappa shape index (κ2) is 15.5. The molecule has 0 aliphatic carbocycles. The summed E-state index contributed by atoms with van der Waals surface area (Å²) in [6.07, 6.45) is 7.46. The standard InChI is InChI=1S/C15H23O.BrH.Mg/c1-2-3-4-5-6-10-13-16-14-15-11-8-7-9-12-15;;/h7-9,11-12H,1-6,10,13-14H2;1H;/q-1;;+2/p-1. The predicted octanol–water partition coefficient (Wildman–Crippen LogP) is 1.00. The number of ether oxygens (including phenoxy) is 1. The second-order valence-electron chi connectivity index (χ2n) is 4.16. The van der Waals surface area contributed by atoms with E-state index < -0.39 is 0 Å². The maximum atomic E-state index is 5.61. The van der Waals surface area contributed by atoms with Crippen molar-refractivity contribution in [3.8, 4) is 0 Å². The molecule has 3 heteroatoms. The van der Waals surface area contributed by atoms with Crippen molar-refractivity contribution in [2.45, 2.75) is 45.1 Å². The number of unbranched alkanes of at least 4 members (excludes halogenated alkanes) is 5. The molecule has 0 unspecified atom stereocenters. The van der Waals surface area contributed by atoms with Crippen LogP contribution in [0.15, 0.2) is 30.3 Å². The maximum Gasteiger partial charge on any atom is 2.00 e. The molecule has 0 saturated carbocycles. The molecule has 0 aromatic heterocycles. The summed E-state index contributed by atoms with van der Waals surface area (Å²) in [5.74, 6) is 0. The normalized spacial score (nSPS) is 9.39. The summed E-state index contributed by atoms with van der Waals surface area (Å²) in [6.45, 7) is 5.48. The van der Waals surface area contributed by atoms with E-state index in [0.29, 0.717) is 0 Å². The van der Waals surface area contributed by atoms with Crippen LogP contribution in [0.4, 0.5) is 0 Å². The first-order valence-electron chi connectivity index (χ1n) is 6.34. The van der Waals surface area contributed by atoms with Crippen molar-refractivity contribution in [1.29, 1.82) is 0 Å². The molecule has 0 atom stereocenters. The van der Waals surface area contributed by atoms with Crippen LogP contribution in [-0.2, 0) is 11.3 Å². The summed E-state index contributed by atoms with van der Waals surface area (Å²) in [6, 6.07) is 10.4. The molecule has 0 radical (unpaired) electrons. The van der Waals surface area contributed by atoms with Gasteiger partial charge in [0.05, 0.1) is 6.61 Å². The first-order valence-corrected chi connectivity index (χ1v) is 6.34. The van der Waals surface area contributed by atoms with Crippen LogP contribution in [-0.4, -0.2) is 29.7 Å². The van der Waals surface area contributed by atoms with Crippen LogP contribution in [0.3, 0.4) is 0 Å². The summed E-state index contributed by atoms with van der Waals surface area (Å²) < 4.78 is 5.61. The van der Waals surface area contributed by atoms with Gasteiger partial charge < -0.3 is 28.6 Å². The molecular weight excluding hydrogens is 300 g/mol. The van der Waals surface area contributed by atoms with Gasteiger partial charge in [0, 0.05) is 6.61 Å². The molecule has 0 bridgehead atoms. The molecule has 98 valence electrons. The van der Waals surface area contributed by atoms with Gasteiger partial charge in [-0.05, 0) is 12.0 Å². The van der Waals surface area contributed by atoms with Gasteiger partial charge in [-0.3, -0.25) is 0 Å². The van der Waals surface area contributed by atoms with E-state index in [1.54, 1.807) is 0 Å².